The smallest absolute Gasteiger partial charge is 0.0537 e. The van der Waals surface area contributed by atoms with Crippen LogP contribution in [-0.4, -0.2) is 4.57 Å². The molecule has 3 aliphatic rings. The molecule has 0 spiro atoms. The molecule has 0 amide bonds. The number of fused-ring (bicyclic) bond motifs is 10. The lowest BCUT2D eigenvalue weighted by Gasteiger charge is -2.31. The number of para-hydroxylation sites is 2. The van der Waals surface area contributed by atoms with E-state index in [2.05, 4.69) is 204 Å². The van der Waals surface area contributed by atoms with Crippen molar-refractivity contribution in [1.82, 2.24) is 4.57 Å². The van der Waals surface area contributed by atoms with Crippen LogP contribution in [0.2, 0.25) is 0 Å². The maximum atomic E-state index is 2.57. The number of thiophene rings is 2. The van der Waals surface area contributed by atoms with Gasteiger partial charge in [0.1, 0.15) is 0 Å². The molecule has 7 aromatic carbocycles. The van der Waals surface area contributed by atoms with E-state index in [9.17, 15) is 0 Å². The van der Waals surface area contributed by atoms with Crippen LogP contribution in [0.15, 0.2) is 199 Å². The summed E-state index contributed by atoms with van der Waals surface area (Å²) in [6.07, 6.45) is 14.1. The first kappa shape index (κ1) is 34.2. The Balaban J connectivity index is 0.945. The fraction of sp³-hybridized carbons (Fsp3) is 0.0714. The molecule has 4 heteroatoms. The Labute approximate surface area is 356 Å². The second-order valence-corrected chi connectivity index (χ2v) is 18.4. The summed E-state index contributed by atoms with van der Waals surface area (Å²) < 4.78 is 7.92. The molecule has 2 unspecified atom stereocenters. The molecule has 3 heterocycles. The maximum absolute atomic E-state index is 2.57. The first-order valence-corrected chi connectivity index (χ1v) is 22.6. The van der Waals surface area contributed by atoms with Crippen molar-refractivity contribution in [3.8, 4) is 16.8 Å². The van der Waals surface area contributed by atoms with Crippen LogP contribution in [0.1, 0.15) is 23.2 Å². The van der Waals surface area contributed by atoms with Crippen LogP contribution in [0.3, 0.4) is 0 Å². The molecule has 0 radical (unpaired) electrons. The molecule has 0 aliphatic heterocycles. The summed E-state index contributed by atoms with van der Waals surface area (Å²) in [5.74, 6) is 0.938. The molecule has 284 valence electrons. The number of anilines is 1. The number of rotatable bonds is 6. The summed E-state index contributed by atoms with van der Waals surface area (Å²) >= 11 is 3.83. The first-order valence-electron chi connectivity index (χ1n) is 21.0. The van der Waals surface area contributed by atoms with Gasteiger partial charge in [0.2, 0.25) is 0 Å². The Kier molecular flexibility index (Phi) is 7.63. The number of hydrogen-bond acceptors (Lipinski definition) is 3. The monoisotopic (exact) mass is 802 g/mol. The molecule has 1 fully saturated rings. The summed E-state index contributed by atoms with van der Waals surface area (Å²) in [6.45, 7) is 0. The summed E-state index contributed by atoms with van der Waals surface area (Å²) in [7, 11) is 0. The van der Waals surface area contributed by atoms with Gasteiger partial charge in [-0.25, -0.2) is 0 Å². The van der Waals surface area contributed by atoms with Gasteiger partial charge in [0.15, 0.2) is 0 Å². The lowest BCUT2D eigenvalue weighted by molar-refractivity contribution is 0.865. The van der Waals surface area contributed by atoms with Crippen molar-refractivity contribution in [3.63, 3.8) is 0 Å². The van der Waals surface area contributed by atoms with Crippen LogP contribution >= 0.6 is 22.7 Å². The van der Waals surface area contributed by atoms with Crippen molar-refractivity contribution in [2.45, 2.75) is 12.8 Å². The van der Waals surface area contributed by atoms with Gasteiger partial charge in [-0.2, -0.15) is 0 Å². The predicted molar refractivity (Wildman–Crippen MR) is 258 cm³/mol. The molecule has 13 rings (SSSR count). The Bertz CT molecular complexity index is 3500. The van der Waals surface area contributed by atoms with Crippen molar-refractivity contribution >= 4 is 91.3 Å². The van der Waals surface area contributed by atoms with Crippen LogP contribution in [-0.2, 0) is 6.42 Å². The van der Waals surface area contributed by atoms with Crippen molar-refractivity contribution in [2.24, 2.45) is 11.8 Å². The highest BCUT2D eigenvalue weighted by Gasteiger charge is 2.47. The van der Waals surface area contributed by atoms with Gasteiger partial charge in [0.25, 0.3) is 0 Å². The minimum atomic E-state index is 0.445. The average molecular weight is 803 g/mol. The molecule has 2 atom stereocenters. The number of allylic oxidation sites excluding steroid dienone is 6. The fourth-order valence-electron chi connectivity index (χ4n) is 10.2. The number of aromatic nitrogens is 1. The Morgan fingerprint density at radius 1 is 0.517 bits per heavy atom. The average Bonchev–Trinajstić information content (AvgIpc) is 3.84. The molecule has 0 N–H and O–H groups in total. The van der Waals surface area contributed by atoms with E-state index in [0.29, 0.717) is 11.8 Å². The van der Waals surface area contributed by atoms with Gasteiger partial charge in [-0.3, -0.25) is 0 Å². The fourth-order valence-corrected chi connectivity index (χ4v) is 12.7. The van der Waals surface area contributed by atoms with Gasteiger partial charge in [-0.15, -0.1) is 22.7 Å². The van der Waals surface area contributed by atoms with E-state index in [1.54, 1.807) is 0 Å². The molecular formula is C56H38N2S2. The van der Waals surface area contributed by atoms with Crippen molar-refractivity contribution in [1.29, 1.82) is 0 Å². The first-order chi connectivity index (χ1) is 29.8. The van der Waals surface area contributed by atoms with Crippen LogP contribution in [0.5, 0.6) is 0 Å². The highest BCUT2D eigenvalue weighted by Crippen LogP contribution is 2.58. The minimum Gasteiger partial charge on any atom is -0.314 e. The maximum Gasteiger partial charge on any atom is 0.0537 e. The van der Waals surface area contributed by atoms with E-state index in [4.69, 9.17) is 0 Å². The molecule has 60 heavy (non-hydrogen) atoms. The molecule has 3 aromatic heterocycles. The van der Waals surface area contributed by atoms with E-state index < -0.39 is 0 Å². The van der Waals surface area contributed by atoms with Crippen LogP contribution in [0, 0.1) is 11.8 Å². The van der Waals surface area contributed by atoms with Crippen molar-refractivity contribution in [2.75, 3.05) is 4.90 Å². The summed E-state index contributed by atoms with van der Waals surface area (Å²) in [5, 5.41) is 6.69. The van der Waals surface area contributed by atoms with E-state index in [1.165, 1.54) is 108 Å². The van der Waals surface area contributed by atoms with Gasteiger partial charge in [0, 0.05) is 92.1 Å². The van der Waals surface area contributed by atoms with Crippen molar-refractivity contribution < 1.29 is 0 Å². The van der Waals surface area contributed by atoms with Gasteiger partial charge >= 0.3 is 0 Å². The lowest BCUT2D eigenvalue weighted by Crippen LogP contribution is -2.24. The van der Waals surface area contributed by atoms with E-state index in [0.717, 1.165) is 12.8 Å². The molecule has 3 aliphatic carbocycles. The zero-order valence-electron chi connectivity index (χ0n) is 32.8. The third-order valence-corrected chi connectivity index (χ3v) is 15.5. The molecule has 1 saturated carbocycles. The molecule has 10 aromatic rings. The second-order valence-electron chi connectivity index (χ2n) is 16.3. The quantitative estimate of drug-likeness (QED) is 0.163. The van der Waals surface area contributed by atoms with E-state index in [1.807, 2.05) is 22.7 Å². The van der Waals surface area contributed by atoms with E-state index >= 15 is 0 Å². The Hall–Kier alpha value is -6.72. The lowest BCUT2D eigenvalue weighted by atomic mass is 9.93. The van der Waals surface area contributed by atoms with Crippen LogP contribution in [0.25, 0.3) is 79.7 Å². The predicted octanol–water partition coefficient (Wildman–Crippen LogP) is 15.6. The highest BCUT2D eigenvalue weighted by molar-refractivity contribution is 7.26. The molecule has 0 saturated heterocycles. The normalized spacial score (nSPS) is 17.1. The third kappa shape index (κ3) is 5.24. The largest absolute Gasteiger partial charge is 0.314 e. The van der Waals surface area contributed by atoms with Gasteiger partial charge < -0.3 is 9.47 Å². The van der Waals surface area contributed by atoms with Gasteiger partial charge in [0.05, 0.1) is 5.52 Å². The summed E-state index contributed by atoms with van der Waals surface area (Å²) in [6, 6.07) is 60.4. The summed E-state index contributed by atoms with van der Waals surface area (Å²) in [5.41, 5.74) is 14.3. The Morgan fingerprint density at radius 3 is 1.90 bits per heavy atom. The van der Waals surface area contributed by atoms with E-state index in [-0.39, 0.29) is 0 Å². The van der Waals surface area contributed by atoms with Crippen LogP contribution in [0.4, 0.5) is 5.69 Å². The molecule has 2 nitrogen and oxygen atoms in total. The third-order valence-electron chi connectivity index (χ3n) is 13.0. The standard InChI is InChI=1S/C56H38N2S2/c1-2-12-36(13-3-1)58-50-21-7-4-14-41(50)42-30-28-38(29-32-51(42)58)57(37-26-24-35(25-27-37)39-17-10-19-46-43-15-5-8-22-53(43)59-55(39)46)52-33-31-40(48-34-49(48)52)45-18-11-20-47-44-16-6-9-23-54(44)60-56(45)47/h1-31,33,48-49H,32,34H2. The van der Waals surface area contributed by atoms with Gasteiger partial charge in [-0.05, 0) is 89.2 Å². The SMILES string of the molecule is C1=Cc2c(n(-c3ccccc3)c3ccccc23)CC=C1N(C1=CC=C(c2cccc3c2sc2ccccc23)C2CC12)c1ccc(-c2cccc3c2sc2ccccc23)cc1. The number of hydrogen-bond donors (Lipinski definition) is 0. The second kappa shape index (κ2) is 13.4. The zero-order valence-corrected chi connectivity index (χ0v) is 34.4. The summed E-state index contributed by atoms with van der Waals surface area (Å²) in [4.78, 5) is 2.57. The zero-order chi connectivity index (χ0) is 39.3. The highest BCUT2D eigenvalue weighted by atomic mass is 32.1. The Morgan fingerprint density at radius 2 is 1.15 bits per heavy atom. The molecular weight excluding hydrogens is 765 g/mol. The van der Waals surface area contributed by atoms with Crippen LogP contribution < -0.4 is 4.90 Å². The minimum absolute atomic E-state index is 0.445. The van der Waals surface area contributed by atoms with Crippen molar-refractivity contribution in [3.05, 3.63) is 216 Å². The number of benzene rings is 7. The van der Waals surface area contributed by atoms with Gasteiger partial charge in [-0.1, -0.05) is 140 Å². The number of nitrogens with zero attached hydrogens (tertiary/aromatic N) is 2. The molecule has 0 bridgehead atoms. The topological polar surface area (TPSA) is 8.17 Å².